The summed E-state index contributed by atoms with van der Waals surface area (Å²) in [6, 6.07) is 0. The number of halogens is 15. The average molecular weight is 695 g/mol. The summed E-state index contributed by atoms with van der Waals surface area (Å²) < 4.78 is 227. The highest BCUT2D eigenvalue weighted by Crippen LogP contribution is 2.83. The standard InChI is InChI=1S/C15H15F15N3O5P3/c16-11(17,18)5-34-39(10-3-1-2-4-10)31-40(35-6-12(19,20)21,36-7-13(22,23)24)33-41(32-39,37-8-14(25,26)27)38-9-15(28,29)30/h1-3H,4-9H2. The normalized spacial score (nSPS) is 23.0. The van der Waals surface area contributed by atoms with Gasteiger partial charge in [0.25, 0.3) is 0 Å². The number of hydrogen-bond donors (Lipinski definition) is 0. The zero-order chi connectivity index (χ0) is 31.6. The fraction of sp³-hybridized carbons (Fsp3) is 0.733. The van der Waals surface area contributed by atoms with Crippen molar-refractivity contribution in [2.45, 2.75) is 37.3 Å². The minimum absolute atomic E-state index is 0.560. The Morgan fingerprint density at radius 2 is 0.854 bits per heavy atom. The third-order valence-electron chi connectivity index (χ3n) is 3.81. The summed E-state index contributed by atoms with van der Waals surface area (Å²) in [4.78, 5) is 0. The number of allylic oxidation sites excluding steroid dienone is 4. The van der Waals surface area contributed by atoms with Crippen LogP contribution in [0.2, 0.25) is 0 Å². The van der Waals surface area contributed by atoms with Crippen LogP contribution in [0.3, 0.4) is 0 Å². The molecule has 0 saturated carbocycles. The Labute approximate surface area is 219 Å². The Morgan fingerprint density at radius 3 is 1.17 bits per heavy atom. The summed E-state index contributed by atoms with van der Waals surface area (Å²) in [5, 5.41) is -0.608. The predicted molar refractivity (Wildman–Crippen MR) is 110 cm³/mol. The van der Waals surface area contributed by atoms with E-state index in [1.54, 1.807) is 0 Å². The molecule has 0 amide bonds. The largest absolute Gasteiger partial charge is 0.412 e. The number of nitrogens with zero attached hydrogens (tertiary/aromatic N) is 3. The van der Waals surface area contributed by atoms with Crippen LogP contribution in [0.5, 0.6) is 0 Å². The fourth-order valence-corrected chi connectivity index (χ4v) is 13.0. The van der Waals surface area contributed by atoms with Gasteiger partial charge in [-0.25, -0.2) is 0 Å². The molecule has 0 N–H and O–H groups in total. The van der Waals surface area contributed by atoms with E-state index in [0.717, 1.165) is 18.2 Å². The number of rotatable bonds is 11. The van der Waals surface area contributed by atoms with Gasteiger partial charge in [0.05, 0.1) is 0 Å². The van der Waals surface area contributed by atoms with Gasteiger partial charge in [0, 0.05) is 5.31 Å². The zero-order valence-corrected chi connectivity index (χ0v) is 22.1. The molecule has 1 unspecified atom stereocenters. The molecule has 0 aromatic rings. The second-order valence-electron chi connectivity index (χ2n) is 7.53. The van der Waals surface area contributed by atoms with Gasteiger partial charge in [-0.2, -0.15) is 74.9 Å². The predicted octanol–water partition coefficient (Wildman–Crippen LogP) is 9.66. The van der Waals surface area contributed by atoms with Gasteiger partial charge in [-0.05, 0) is 6.42 Å². The van der Waals surface area contributed by atoms with Crippen LogP contribution in [0.1, 0.15) is 6.42 Å². The zero-order valence-electron chi connectivity index (χ0n) is 19.4. The summed E-state index contributed by atoms with van der Waals surface area (Å²) in [5.74, 6) is 0. The van der Waals surface area contributed by atoms with Gasteiger partial charge in [0.15, 0.2) is 33.0 Å². The highest BCUT2D eigenvalue weighted by molar-refractivity contribution is 7.81. The summed E-state index contributed by atoms with van der Waals surface area (Å²) in [6.07, 6.45) is -24.7. The molecule has 41 heavy (non-hydrogen) atoms. The van der Waals surface area contributed by atoms with Gasteiger partial charge in [0.1, 0.15) is 0 Å². The second-order valence-corrected chi connectivity index (χ2v) is 14.6. The van der Waals surface area contributed by atoms with Crippen molar-refractivity contribution in [2.75, 3.05) is 33.0 Å². The van der Waals surface area contributed by atoms with Gasteiger partial charge >= 0.3 is 46.2 Å². The Balaban J connectivity index is 2.99. The van der Waals surface area contributed by atoms with Crippen molar-refractivity contribution in [3.8, 4) is 0 Å². The minimum atomic E-state index is -5.86. The molecule has 0 fully saturated rings. The monoisotopic (exact) mass is 695 g/mol. The van der Waals surface area contributed by atoms with E-state index in [2.05, 4.69) is 36.2 Å². The highest BCUT2D eigenvalue weighted by atomic mass is 31.3. The molecule has 26 heteroatoms. The van der Waals surface area contributed by atoms with Crippen molar-refractivity contribution in [1.82, 2.24) is 0 Å². The fourth-order valence-electron chi connectivity index (χ4n) is 2.48. The molecule has 0 spiro atoms. The molecule has 2 aliphatic rings. The molecule has 0 bridgehead atoms. The summed E-state index contributed by atoms with van der Waals surface area (Å²) in [5.41, 5.74) is 0. The third kappa shape index (κ3) is 12.6. The smallest absolute Gasteiger partial charge is 0.314 e. The molecule has 0 aromatic carbocycles. The quantitative estimate of drug-likeness (QED) is 0.159. The van der Waals surface area contributed by atoms with Crippen molar-refractivity contribution >= 4 is 22.8 Å². The Hall–Kier alpha value is -1.08. The van der Waals surface area contributed by atoms with Crippen LogP contribution < -0.4 is 0 Å². The van der Waals surface area contributed by atoms with Crippen molar-refractivity contribution in [3.63, 3.8) is 0 Å². The third-order valence-corrected chi connectivity index (χ3v) is 12.8. The van der Waals surface area contributed by atoms with E-state index in [0.29, 0.717) is 0 Å². The van der Waals surface area contributed by atoms with E-state index in [4.69, 9.17) is 0 Å². The molecule has 8 nitrogen and oxygen atoms in total. The molecule has 1 aliphatic heterocycles. The molecule has 0 saturated heterocycles. The van der Waals surface area contributed by atoms with Gasteiger partial charge in [-0.15, -0.1) is 4.52 Å². The molecule has 1 aliphatic carbocycles. The van der Waals surface area contributed by atoms with Crippen LogP contribution in [-0.2, 0) is 22.6 Å². The van der Waals surface area contributed by atoms with Gasteiger partial charge in [0.2, 0.25) is 7.43 Å². The lowest BCUT2D eigenvalue weighted by molar-refractivity contribution is -0.163. The van der Waals surface area contributed by atoms with Crippen LogP contribution in [0.4, 0.5) is 65.9 Å². The van der Waals surface area contributed by atoms with E-state index in [-0.39, 0.29) is 0 Å². The van der Waals surface area contributed by atoms with Crippen molar-refractivity contribution < 1.29 is 88.5 Å². The van der Waals surface area contributed by atoms with E-state index >= 15 is 0 Å². The lowest BCUT2D eigenvalue weighted by Crippen LogP contribution is -2.22. The van der Waals surface area contributed by atoms with Gasteiger partial charge in [-0.3, -0.25) is 18.1 Å². The van der Waals surface area contributed by atoms with E-state index in [1.807, 2.05) is 0 Å². The molecule has 1 atom stereocenters. The molecular formula is C15H15F15N3O5P3. The minimum Gasteiger partial charge on any atom is -0.314 e. The van der Waals surface area contributed by atoms with Crippen LogP contribution in [-0.4, -0.2) is 63.9 Å². The van der Waals surface area contributed by atoms with Crippen LogP contribution >= 0.6 is 22.8 Å². The van der Waals surface area contributed by atoms with E-state index in [1.165, 1.54) is 0 Å². The molecule has 1 heterocycles. The van der Waals surface area contributed by atoms with E-state index in [9.17, 15) is 65.9 Å². The molecular weight excluding hydrogens is 680 g/mol. The van der Waals surface area contributed by atoms with Gasteiger partial charge < -0.3 is 4.52 Å². The summed E-state index contributed by atoms with van der Waals surface area (Å²) in [6.45, 7) is -12.9. The lowest BCUT2D eigenvalue weighted by atomic mass is 10.5. The second kappa shape index (κ2) is 12.5. The Bertz CT molecular complexity index is 1080. The molecule has 0 aromatic heterocycles. The maximum Gasteiger partial charge on any atom is 0.412 e. The molecule has 0 radical (unpaired) electrons. The number of alkyl halides is 15. The first-order valence-electron chi connectivity index (χ1n) is 10.1. The molecule has 2 rings (SSSR count). The van der Waals surface area contributed by atoms with Crippen molar-refractivity contribution in [1.29, 1.82) is 0 Å². The Kier molecular flexibility index (Phi) is 11.0. The van der Waals surface area contributed by atoms with Crippen molar-refractivity contribution in [2.24, 2.45) is 13.5 Å². The van der Waals surface area contributed by atoms with E-state index < -0.39 is 98.4 Å². The first kappa shape index (κ1) is 36.1. The first-order valence-corrected chi connectivity index (χ1v) is 14.8. The van der Waals surface area contributed by atoms with Crippen LogP contribution in [0, 0.1) is 0 Å². The maximum absolute atomic E-state index is 13.1. The SMILES string of the molecule is FC(F)(F)COP1(OCC(F)(F)F)=NP(OCC(F)(F)F)(OCC(F)(F)F)=NP(OCC(F)(F)F)(C2=CC=CC2)=N1. The Morgan fingerprint density at radius 1 is 0.512 bits per heavy atom. The van der Waals surface area contributed by atoms with Crippen molar-refractivity contribution in [3.05, 3.63) is 23.5 Å². The summed E-state index contributed by atoms with van der Waals surface area (Å²) >= 11 is 0. The number of hydrogen-bond acceptors (Lipinski definition) is 8. The van der Waals surface area contributed by atoms with Crippen LogP contribution in [0.25, 0.3) is 0 Å². The van der Waals surface area contributed by atoms with Gasteiger partial charge in [-0.1, -0.05) is 18.2 Å². The summed E-state index contributed by atoms with van der Waals surface area (Å²) in [7, 11) is -17.0. The maximum atomic E-state index is 13.1. The van der Waals surface area contributed by atoms with Crippen LogP contribution in [0.15, 0.2) is 37.1 Å². The highest BCUT2D eigenvalue weighted by Gasteiger charge is 2.50. The molecule has 240 valence electrons. The average Bonchev–Trinajstić information content (AvgIpc) is 3.32. The lowest BCUT2D eigenvalue weighted by Gasteiger charge is -2.35. The topological polar surface area (TPSA) is 83.2 Å². The first-order chi connectivity index (χ1) is 18.3.